The molecule has 6 heteroatoms. The first-order chi connectivity index (χ1) is 8.47. The number of hydrogen-bond donors (Lipinski definition) is 0. The van der Waals surface area contributed by atoms with Gasteiger partial charge in [0.05, 0.1) is 7.11 Å². The maximum Gasteiger partial charge on any atom is 0.305 e. The Morgan fingerprint density at radius 2 is 1.83 bits per heavy atom. The average molecular weight is 259 g/mol. The molecule has 0 amide bonds. The van der Waals surface area contributed by atoms with Gasteiger partial charge in [-0.15, -0.1) is 0 Å². The lowest BCUT2D eigenvalue weighted by Gasteiger charge is -2.08. The Morgan fingerprint density at radius 3 is 2.33 bits per heavy atom. The smallest absolute Gasteiger partial charge is 0.305 e. The summed E-state index contributed by atoms with van der Waals surface area (Å²) in [6.07, 6.45) is 3.52. The maximum atomic E-state index is 10.8. The molecular weight excluding hydrogens is 238 g/mol. The molecule has 0 N–H and O–H groups in total. The number of rotatable bonds is 10. The summed E-state index contributed by atoms with van der Waals surface area (Å²) < 4.78 is 4.50. The number of ketones is 1. The highest BCUT2D eigenvalue weighted by Gasteiger charge is 2.19. The largest absolute Gasteiger partial charge is 0.469 e. The standard InChI is InChI=1S/C12H21NO5/c1-10(14)8-9-11(13(16)17)6-4-3-5-7-12(15)18-2/h11H,3-9H2,1-2H3. The van der Waals surface area contributed by atoms with Crippen molar-refractivity contribution in [3.05, 3.63) is 10.1 Å². The fourth-order valence-electron chi connectivity index (χ4n) is 1.65. The number of unbranched alkanes of at least 4 members (excludes halogenated alkanes) is 2. The summed E-state index contributed by atoms with van der Waals surface area (Å²) in [5.74, 6) is -0.273. The van der Waals surface area contributed by atoms with E-state index in [1.54, 1.807) is 0 Å². The van der Waals surface area contributed by atoms with E-state index in [2.05, 4.69) is 4.74 Å². The second-order valence-electron chi connectivity index (χ2n) is 4.36. The first-order valence-electron chi connectivity index (χ1n) is 6.17. The molecule has 0 spiro atoms. The Morgan fingerprint density at radius 1 is 1.17 bits per heavy atom. The normalized spacial score (nSPS) is 11.9. The Bertz CT molecular complexity index is 290. The van der Waals surface area contributed by atoms with Crippen LogP contribution in [0.2, 0.25) is 0 Å². The summed E-state index contributed by atoms with van der Waals surface area (Å²) in [7, 11) is 1.34. The molecule has 0 heterocycles. The van der Waals surface area contributed by atoms with Crippen molar-refractivity contribution in [2.45, 2.75) is 57.9 Å². The van der Waals surface area contributed by atoms with E-state index in [1.165, 1.54) is 14.0 Å². The second-order valence-corrected chi connectivity index (χ2v) is 4.36. The molecule has 0 saturated heterocycles. The number of hydrogen-bond acceptors (Lipinski definition) is 5. The van der Waals surface area contributed by atoms with Crippen LogP contribution >= 0.6 is 0 Å². The zero-order chi connectivity index (χ0) is 14.0. The highest BCUT2D eigenvalue weighted by molar-refractivity contribution is 5.75. The molecule has 18 heavy (non-hydrogen) atoms. The Hall–Kier alpha value is -1.46. The molecule has 0 aromatic rings. The van der Waals surface area contributed by atoms with Crippen LogP contribution < -0.4 is 0 Å². The minimum Gasteiger partial charge on any atom is -0.469 e. The summed E-state index contributed by atoms with van der Waals surface area (Å²) in [4.78, 5) is 32.0. The van der Waals surface area contributed by atoms with Crippen molar-refractivity contribution in [1.29, 1.82) is 0 Å². The summed E-state index contributed by atoms with van der Waals surface area (Å²) in [6.45, 7) is 1.44. The SMILES string of the molecule is COC(=O)CCCCCC(CCC(C)=O)[N+](=O)[O-]. The third-order valence-electron chi connectivity index (χ3n) is 2.77. The molecule has 0 aliphatic rings. The zero-order valence-corrected chi connectivity index (χ0v) is 11.0. The van der Waals surface area contributed by atoms with E-state index < -0.39 is 6.04 Å². The van der Waals surface area contributed by atoms with E-state index in [0.29, 0.717) is 32.1 Å². The molecule has 0 radical (unpaired) electrons. The summed E-state index contributed by atoms with van der Waals surface area (Å²) >= 11 is 0. The van der Waals surface area contributed by atoms with Gasteiger partial charge < -0.3 is 9.53 Å². The van der Waals surface area contributed by atoms with Gasteiger partial charge in [-0.1, -0.05) is 6.42 Å². The van der Waals surface area contributed by atoms with Gasteiger partial charge >= 0.3 is 5.97 Å². The number of carbonyl (C=O) groups is 2. The molecule has 0 fully saturated rings. The van der Waals surface area contributed by atoms with Crippen LogP contribution in [0.1, 0.15) is 51.9 Å². The van der Waals surface area contributed by atoms with E-state index in [0.717, 1.165) is 6.42 Å². The van der Waals surface area contributed by atoms with Crippen LogP contribution in [0.5, 0.6) is 0 Å². The fraction of sp³-hybridized carbons (Fsp3) is 0.833. The third-order valence-corrected chi connectivity index (χ3v) is 2.77. The number of esters is 1. The van der Waals surface area contributed by atoms with E-state index >= 15 is 0 Å². The lowest BCUT2D eigenvalue weighted by Crippen LogP contribution is -2.20. The van der Waals surface area contributed by atoms with Crippen molar-refractivity contribution in [2.75, 3.05) is 7.11 Å². The Balaban J connectivity index is 3.74. The van der Waals surface area contributed by atoms with E-state index in [4.69, 9.17) is 0 Å². The highest BCUT2D eigenvalue weighted by atomic mass is 16.6. The molecule has 0 rings (SSSR count). The number of carbonyl (C=O) groups excluding carboxylic acids is 2. The van der Waals surface area contributed by atoms with Gasteiger partial charge in [0.25, 0.3) is 0 Å². The quantitative estimate of drug-likeness (QED) is 0.259. The van der Waals surface area contributed by atoms with Crippen LogP contribution in [0.3, 0.4) is 0 Å². The molecule has 0 aliphatic heterocycles. The predicted octanol–water partition coefficient (Wildman–Crippen LogP) is 2.12. The van der Waals surface area contributed by atoms with Crippen molar-refractivity contribution in [2.24, 2.45) is 0 Å². The van der Waals surface area contributed by atoms with Gasteiger partial charge in [0, 0.05) is 30.6 Å². The summed E-state index contributed by atoms with van der Waals surface area (Å²) in [6, 6.07) is -0.646. The van der Waals surface area contributed by atoms with Crippen LogP contribution in [0, 0.1) is 10.1 Å². The highest BCUT2D eigenvalue weighted by Crippen LogP contribution is 2.12. The monoisotopic (exact) mass is 259 g/mol. The minimum atomic E-state index is -0.646. The van der Waals surface area contributed by atoms with Crippen molar-refractivity contribution in [1.82, 2.24) is 0 Å². The third kappa shape index (κ3) is 8.66. The molecule has 0 aromatic heterocycles. The van der Waals surface area contributed by atoms with Crippen molar-refractivity contribution in [3.63, 3.8) is 0 Å². The number of ether oxygens (including phenoxy) is 1. The number of nitro groups is 1. The topological polar surface area (TPSA) is 86.5 Å². The van der Waals surface area contributed by atoms with Gasteiger partial charge in [0.2, 0.25) is 6.04 Å². The van der Waals surface area contributed by atoms with Gasteiger partial charge in [0.1, 0.15) is 5.78 Å². The predicted molar refractivity (Wildman–Crippen MR) is 65.8 cm³/mol. The van der Waals surface area contributed by atoms with Gasteiger partial charge in [-0.25, -0.2) is 0 Å². The molecule has 0 aromatic carbocycles. The number of methoxy groups -OCH3 is 1. The lowest BCUT2D eigenvalue weighted by atomic mass is 10.0. The molecule has 0 bridgehead atoms. The zero-order valence-electron chi connectivity index (χ0n) is 11.0. The second kappa shape index (κ2) is 9.56. The van der Waals surface area contributed by atoms with Crippen molar-refractivity contribution >= 4 is 11.8 Å². The molecule has 6 nitrogen and oxygen atoms in total. The van der Waals surface area contributed by atoms with Gasteiger partial charge in [-0.05, 0) is 19.8 Å². The van der Waals surface area contributed by atoms with E-state index in [9.17, 15) is 19.7 Å². The number of Topliss-reactive ketones (excluding diaryl/α,β-unsaturated/α-hetero) is 1. The Labute approximate surface area is 107 Å². The Kier molecular flexibility index (Phi) is 8.78. The molecule has 104 valence electrons. The fourth-order valence-corrected chi connectivity index (χ4v) is 1.65. The molecule has 1 atom stereocenters. The minimum absolute atomic E-state index is 0.0208. The van der Waals surface area contributed by atoms with Crippen LogP contribution in [0.4, 0.5) is 0 Å². The number of nitrogens with zero attached hydrogens (tertiary/aromatic N) is 1. The van der Waals surface area contributed by atoms with E-state index in [-0.39, 0.29) is 23.1 Å². The molecular formula is C12H21NO5. The van der Waals surface area contributed by atoms with Crippen LogP contribution in [0.25, 0.3) is 0 Å². The van der Waals surface area contributed by atoms with Crippen LogP contribution in [-0.2, 0) is 14.3 Å². The van der Waals surface area contributed by atoms with E-state index in [1.807, 2.05) is 0 Å². The van der Waals surface area contributed by atoms with Crippen LogP contribution in [0.15, 0.2) is 0 Å². The molecule has 0 saturated carbocycles. The molecule has 0 aliphatic carbocycles. The van der Waals surface area contributed by atoms with Crippen molar-refractivity contribution < 1.29 is 19.2 Å². The lowest BCUT2D eigenvalue weighted by molar-refractivity contribution is -0.524. The molecule has 1 unspecified atom stereocenters. The average Bonchev–Trinajstić information content (AvgIpc) is 2.31. The van der Waals surface area contributed by atoms with Gasteiger partial charge in [-0.2, -0.15) is 0 Å². The summed E-state index contributed by atoms with van der Waals surface area (Å²) in [5, 5.41) is 10.8. The summed E-state index contributed by atoms with van der Waals surface area (Å²) in [5.41, 5.74) is 0. The van der Waals surface area contributed by atoms with Crippen molar-refractivity contribution in [3.8, 4) is 0 Å². The first-order valence-corrected chi connectivity index (χ1v) is 6.17. The van der Waals surface area contributed by atoms with Gasteiger partial charge in [-0.3, -0.25) is 14.9 Å². The van der Waals surface area contributed by atoms with Gasteiger partial charge in [0.15, 0.2) is 0 Å². The maximum absolute atomic E-state index is 10.8. The first kappa shape index (κ1) is 16.5. The van der Waals surface area contributed by atoms with Crippen LogP contribution in [-0.4, -0.2) is 29.8 Å².